The number of primary amides is 1. The summed E-state index contributed by atoms with van der Waals surface area (Å²) in [5.41, 5.74) is 5.08. The monoisotopic (exact) mass is 332 g/mol. The first-order valence-electron chi connectivity index (χ1n) is 9.40. The first kappa shape index (κ1) is 17.5. The number of ketones is 1. The van der Waals surface area contributed by atoms with Crippen LogP contribution in [0.15, 0.2) is 11.8 Å². The van der Waals surface area contributed by atoms with E-state index in [9.17, 15) is 9.59 Å². The molecular weight excluding hydrogens is 300 g/mol. The van der Waals surface area contributed by atoms with Crippen LogP contribution in [0.2, 0.25) is 0 Å². The van der Waals surface area contributed by atoms with Gasteiger partial charge in [0, 0.05) is 25.7 Å². The minimum atomic E-state index is -0.619. The maximum Gasteiger partial charge on any atom is 0.253 e. The van der Waals surface area contributed by atoms with Gasteiger partial charge in [-0.05, 0) is 68.1 Å². The van der Waals surface area contributed by atoms with Crippen LogP contribution in [0.25, 0.3) is 0 Å². The van der Waals surface area contributed by atoms with Crippen molar-refractivity contribution in [3.8, 4) is 0 Å². The van der Waals surface area contributed by atoms with E-state index in [4.69, 9.17) is 5.73 Å². The van der Waals surface area contributed by atoms with Crippen molar-refractivity contribution in [3.63, 3.8) is 0 Å². The Morgan fingerprint density at radius 3 is 1.96 bits per heavy atom. The Hall–Kier alpha value is -1.32. The first-order valence-corrected chi connectivity index (χ1v) is 9.40. The van der Waals surface area contributed by atoms with E-state index in [-0.39, 0.29) is 11.4 Å². The lowest BCUT2D eigenvalue weighted by molar-refractivity contribution is -0.129. The summed E-state index contributed by atoms with van der Waals surface area (Å²) in [6.07, 6.45) is 9.34. The Morgan fingerprint density at radius 2 is 1.54 bits per heavy atom. The summed E-state index contributed by atoms with van der Waals surface area (Å²) in [7, 11) is 3.61. The lowest BCUT2D eigenvalue weighted by atomic mass is 9.50. The third-order valence-electron chi connectivity index (χ3n) is 6.68. The second-order valence-corrected chi connectivity index (χ2v) is 9.38. The van der Waals surface area contributed by atoms with Crippen molar-refractivity contribution in [2.75, 3.05) is 14.1 Å². The number of hydrogen-bond acceptors (Lipinski definition) is 3. The molecule has 4 bridgehead atoms. The van der Waals surface area contributed by atoms with Gasteiger partial charge in [0.05, 0.1) is 5.57 Å². The molecular formula is C20H32N2O2. The van der Waals surface area contributed by atoms with Crippen molar-refractivity contribution in [2.24, 2.45) is 40.7 Å². The average Bonchev–Trinajstić information content (AvgIpc) is 2.46. The van der Waals surface area contributed by atoms with Gasteiger partial charge in [-0.25, -0.2) is 0 Å². The number of hydrogen-bond donors (Lipinski definition) is 1. The predicted octanol–water partition coefficient (Wildman–Crippen LogP) is 2.97. The van der Waals surface area contributed by atoms with Crippen molar-refractivity contribution in [1.82, 2.24) is 4.90 Å². The zero-order valence-electron chi connectivity index (χ0n) is 15.5. The van der Waals surface area contributed by atoms with Crippen LogP contribution < -0.4 is 5.73 Å². The molecule has 0 saturated heterocycles. The van der Waals surface area contributed by atoms with E-state index in [2.05, 4.69) is 0 Å². The van der Waals surface area contributed by atoms with E-state index in [0.717, 1.165) is 30.1 Å². The maximum atomic E-state index is 13.0. The molecule has 2 N–H and O–H groups in total. The molecule has 0 unspecified atom stereocenters. The summed E-state index contributed by atoms with van der Waals surface area (Å²) in [5.74, 6) is 3.40. The topological polar surface area (TPSA) is 63.4 Å². The zero-order valence-corrected chi connectivity index (χ0v) is 15.5. The predicted molar refractivity (Wildman–Crippen MR) is 94.9 cm³/mol. The zero-order chi connectivity index (χ0) is 17.6. The lowest BCUT2D eigenvalue weighted by Gasteiger charge is -2.55. The number of Topliss-reactive ketones (excluding diaryl/α,β-unsaturated/α-hetero) is 1. The summed E-state index contributed by atoms with van der Waals surface area (Å²) in [6.45, 7) is 3.99. The molecule has 0 aromatic heterocycles. The highest BCUT2D eigenvalue weighted by Gasteiger charge is 2.50. The molecule has 4 rings (SSSR count). The fourth-order valence-corrected chi connectivity index (χ4v) is 5.91. The van der Waals surface area contributed by atoms with Gasteiger partial charge in [0.1, 0.15) is 0 Å². The van der Waals surface area contributed by atoms with E-state index in [1.54, 1.807) is 25.2 Å². The van der Waals surface area contributed by atoms with Crippen molar-refractivity contribution < 1.29 is 9.59 Å². The fraction of sp³-hybridized carbons (Fsp3) is 0.800. The Labute approximate surface area is 145 Å². The molecule has 4 heteroatoms. The van der Waals surface area contributed by atoms with Gasteiger partial charge in [0.25, 0.3) is 5.91 Å². The SMILES string of the molecule is CN(C)C=C(C(N)=O)C(=O)C(C)(C)CC1C2CC3CC(C2)CC1C3. The third kappa shape index (κ3) is 3.25. The van der Waals surface area contributed by atoms with Gasteiger partial charge < -0.3 is 10.6 Å². The molecule has 4 aliphatic rings. The lowest BCUT2D eigenvalue weighted by Crippen LogP contribution is -2.47. The van der Waals surface area contributed by atoms with E-state index < -0.39 is 11.3 Å². The number of carbonyl (C=O) groups is 2. The van der Waals surface area contributed by atoms with Crippen molar-refractivity contribution in [2.45, 2.75) is 52.4 Å². The summed E-state index contributed by atoms with van der Waals surface area (Å²) >= 11 is 0. The molecule has 24 heavy (non-hydrogen) atoms. The Morgan fingerprint density at radius 1 is 1.04 bits per heavy atom. The van der Waals surface area contributed by atoms with Gasteiger partial charge in [0.15, 0.2) is 5.78 Å². The molecule has 0 aliphatic heterocycles. The van der Waals surface area contributed by atoms with Gasteiger partial charge in [0.2, 0.25) is 0 Å². The van der Waals surface area contributed by atoms with Crippen molar-refractivity contribution in [3.05, 3.63) is 11.8 Å². The molecule has 0 aromatic rings. The highest BCUT2D eigenvalue weighted by molar-refractivity contribution is 6.20. The maximum absolute atomic E-state index is 13.0. The van der Waals surface area contributed by atoms with Crippen LogP contribution in [-0.2, 0) is 9.59 Å². The van der Waals surface area contributed by atoms with Crippen LogP contribution in [0.1, 0.15) is 52.4 Å². The molecule has 0 spiro atoms. The number of nitrogens with two attached hydrogens (primary N) is 1. The standard InChI is InChI=1S/C20H32N2O2/c1-20(2,18(23)17(19(21)24)11-22(3)4)10-16-14-6-12-5-13(8-14)9-15(16)7-12/h11-16H,5-10H2,1-4H3,(H2,21,24). The molecule has 0 radical (unpaired) electrons. The highest BCUT2D eigenvalue weighted by atomic mass is 16.2. The van der Waals surface area contributed by atoms with E-state index in [1.165, 1.54) is 32.1 Å². The summed E-state index contributed by atoms with van der Waals surface area (Å²) in [6, 6.07) is 0. The molecule has 1 amide bonds. The molecule has 4 fully saturated rings. The normalized spacial score (nSPS) is 35.2. The second-order valence-electron chi connectivity index (χ2n) is 9.38. The molecule has 134 valence electrons. The first-order chi connectivity index (χ1) is 11.2. The van der Waals surface area contributed by atoms with Crippen LogP contribution in [0.3, 0.4) is 0 Å². The molecule has 4 saturated carbocycles. The number of rotatable bonds is 6. The van der Waals surface area contributed by atoms with Crippen LogP contribution in [-0.4, -0.2) is 30.7 Å². The Balaban J connectivity index is 1.76. The molecule has 4 nitrogen and oxygen atoms in total. The van der Waals surface area contributed by atoms with Crippen LogP contribution in [0.4, 0.5) is 0 Å². The van der Waals surface area contributed by atoms with Gasteiger partial charge in [-0.1, -0.05) is 13.8 Å². The van der Waals surface area contributed by atoms with E-state index in [0.29, 0.717) is 5.92 Å². The summed E-state index contributed by atoms with van der Waals surface area (Å²) < 4.78 is 0. The molecule has 0 aromatic carbocycles. The van der Waals surface area contributed by atoms with Crippen LogP contribution >= 0.6 is 0 Å². The highest BCUT2D eigenvalue weighted by Crippen LogP contribution is 2.58. The van der Waals surface area contributed by atoms with E-state index >= 15 is 0 Å². The molecule has 0 atom stereocenters. The Bertz CT molecular complexity index is 534. The smallest absolute Gasteiger partial charge is 0.253 e. The average molecular weight is 332 g/mol. The quantitative estimate of drug-likeness (QED) is 0.462. The van der Waals surface area contributed by atoms with E-state index in [1.807, 2.05) is 13.8 Å². The number of amides is 1. The van der Waals surface area contributed by atoms with Crippen LogP contribution in [0, 0.1) is 35.0 Å². The summed E-state index contributed by atoms with van der Waals surface area (Å²) in [5, 5.41) is 0. The second kappa shape index (κ2) is 6.20. The van der Waals surface area contributed by atoms with Gasteiger partial charge in [-0.3, -0.25) is 9.59 Å². The largest absolute Gasteiger partial charge is 0.383 e. The van der Waals surface area contributed by atoms with Crippen LogP contribution in [0.5, 0.6) is 0 Å². The van der Waals surface area contributed by atoms with Gasteiger partial charge >= 0.3 is 0 Å². The van der Waals surface area contributed by atoms with Crippen molar-refractivity contribution in [1.29, 1.82) is 0 Å². The minimum absolute atomic E-state index is 0.0995. The third-order valence-corrected chi connectivity index (χ3v) is 6.68. The van der Waals surface area contributed by atoms with Crippen molar-refractivity contribution >= 4 is 11.7 Å². The van der Waals surface area contributed by atoms with Gasteiger partial charge in [-0.2, -0.15) is 0 Å². The molecule has 0 heterocycles. The number of nitrogens with zero attached hydrogens (tertiary/aromatic N) is 1. The number of carbonyl (C=O) groups excluding carboxylic acids is 2. The Kier molecular flexibility index (Phi) is 4.52. The summed E-state index contributed by atoms with van der Waals surface area (Å²) in [4.78, 5) is 26.5. The fourth-order valence-electron chi connectivity index (χ4n) is 5.91. The van der Waals surface area contributed by atoms with Gasteiger partial charge in [-0.15, -0.1) is 0 Å². The minimum Gasteiger partial charge on any atom is -0.383 e. The molecule has 4 aliphatic carbocycles.